The number of benzene rings is 1. The van der Waals surface area contributed by atoms with Gasteiger partial charge < -0.3 is 14.6 Å². The molecule has 1 aliphatic heterocycles. The summed E-state index contributed by atoms with van der Waals surface area (Å²) in [4.78, 5) is 11.4. The van der Waals surface area contributed by atoms with Crippen LogP contribution < -0.4 is 4.74 Å². The van der Waals surface area contributed by atoms with Crippen molar-refractivity contribution in [3.05, 3.63) is 28.8 Å². The quantitative estimate of drug-likeness (QED) is 0.758. The highest BCUT2D eigenvalue weighted by Gasteiger charge is 2.49. The second-order valence-corrected chi connectivity index (χ2v) is 4.25. The molecule has 1 aromatic rings. The van der Waals surface area contributed by atoms with E-state index in [0.717, 1.165) is 0 Å². The largest absolute Gasteiger partial charge is 0.475 e. The van der Waals surface area contributed by atoms with Crippen molar-refractivity contribution in [1.82, 2.24) is 0 Å². The smallest absolute Gasteiger partial charge is 0.350 e. The van der Waals surface area contributed by atoms with E-state index in [4.69, 9.17) is 16.3 Å². The molecule has 0 saturated heterocycles. The molecule has 1 heterocycles. The number of ether oxygens (including phenoxy) is 2. The summed E-state index contributed by atoms with van der Waals surface area (Å²) in [7, 11) is 1.25. The standard InChI is InChI=1S/C11H11ClO4/c1-11(14)7-4-3-6(12)5-8(7)16-9(11)10(13)15-2/h3-5,9,14H,1-2H3/t9-,11-/m1/s1. The molecule has 2 rings (SSSR count). The van der Waals surface area contributed by atoms with Crippen molar-refractivity contribution in [2.45, 2.75) is 18.6 Å². The molecule has 0 saturated carbocycles. The highest BCUT2D eigenvalue weighted by atomic mass is 35.5. The predicted octanol–water partition coefficient (Wildman–Crippen LogP) is 1.48. The van der Waals surface area contributed by atoms with Gasteiger partial charge in [0.1, 0.15) is 11.4 Å². The van der Waals surface area contributed by atoms with Crippen LogP contribution in [0.2, 0.25) is 5.02 Å². The third-order valence-corrected chi connectivity index (χ3v) is 2.89. The van der Waals surface area contributed by atoms with Crippen molar-refractivity contribution in [3.63, 3.8) is 0 Å². The molecule has 0 spiro atoms. The highest BCUT2D eigenvalue weighted by molar-refractivity contribution is 6.30. The lowest BCUT2D eigenvalue weighted by Crippen LogP contribution is -2.42. The van der Waals surface area contributed by atoms with E-state index in [1.54, 1.807) is 18.2 Å². The van der Waals surface area contributed by atoms with Gasteiger partial charge in [-0.2, -0.15) is 0 Å². The van der Waals surface area contributed by atoms with Crippen LogP contribution in [-0.2, 0) is 15.1 Å². The van der Waals surface area contributed by atoms with Crippen molar-refractivity contribution in [1.29, 1.82) is 0 Å². The SMILES string of the molecule is COC(=O)[C@H]1Oc2cc(Cl)ccc2[C@@]1(C)O. The van der Waals surface area contributed by atoms with Gasteiger partial charge in [0.25, 0.3) is 0 Å². The van der Waals surface area contributed by atoms with Crippen molar-refractivity contribution in [2.75, 3.05) is 7.11 Å². The minimum absolute atomic E-state index is 0.410. The molecule has 16 heavy (non-hydrogen) atoms. The first-order chi connectivity index (χ1) is 7.46. The molecule has 0 radical (unpaired) electrons. The van der Waals surface area contributed by atoms with Crippen LogP contribution in [-0.4, -0.2) is 24.3 Å². The lowest BCUT2D eigenvalue weighted by atomic mass is 9.92. The number of fused-ring (bicyclic) bond motifs is 1. The van der Waals surface area contributed by atoms with Gasteiger partial charge in [-0.1, -0.05) is 17.7 Å². The first kappa shape index (κ1) is 11.2. The fourth-order valence-corrected chi connectivity index (χ4v) is 1.94. The lowest BCUT2D eigenvalue weighted by molar-refractivity contribution is -0.158. The number of aliphatic hydroxyl groups is 1. The Kier molecular flexibility index (Phi) is 2.56. The van der Waals surface area contributed by atoms with Gasteiger partial charge in [-0.05, 0) is 19.1 Å². The number of esters is 1. The van der Waals surface area contributed by atoms with Crippen LogP contribution in [0.5, 0.6) is 5.75 Å². The van der Waals surface area contributed by atoms with Crippen molar-refractivity contribution >= 4 is 17.6 Å². The summed E-state index contributed by atoms with van der Waals surface area (Å²) in [6.07, 6.45) is -1.05. The Morgan fingerprint density at radius 3 is 2.94 bits per heavy atom. The Morgan fingerprint density at radius 2 is 2.31 bits per heavy atom. The molecule has 0 amide bonds. The van der Waals surface area contributed by atoms with Gasteiger partial charge in [0.05, 0.1) is 7.11 Å². The minimum atomic E-state index is -1.40. The molecule has 0 unspecified atom stereocenters. The number of rotatable bonds is 1. The molecule has 1 N–H and O–H groups in total. The van der Waals surface area contributed by atoms with Crippen molar-refractivity contribution in [2.24, 2.45) is 0 Å². The van der Waals surface area contributed by atoms with Crippen molar-refractivity contribution < 1.29 is 19.4 Å². The molecule has 2 atom stereocenters. The van der Waals surface area contributed by atoms with Gasteiger partial charge in [0, 0.05) is 10.6 Å². The first-order valence-electron chi connectivity index (χ1n) is 4.73. The summed E-state index contributed by atoms with van der Waals surface area (Å²) in [6, 6.07) is 4.84. The number of carbonyl (C=O) groups is 1. The van der Waals surface area contributed by atoms with E-state index in [1.807, 2.05) is 0 Å². The summed E-state index contributed by atoms with van der Waals surface area (Å²) >= 11 is 5.80. The van der Waals surface area contributed by atoms with Crippen LogP contribution in [0.1, 0.15) is 12.5 Å². The molecule has 86 valence electrons. The van der Waals surface area contributed by atoms with E-state index in [2.05, 4.69) is 4.74 Å². The second-order valence-electron chi connectivity index (χ2n) is 3.81. The molecule has 0 aliphatic carbocycles. The number of halogens is 1. The van der Waals surface area contributed by atoms with Crippen LogP contribution in [0.3, 0.4) is 0 Å². The average molecular weight is 243 g/mol. The highest BCUT2D eigenvalue weighted by Crippen LogP contribution is 2.42. The van der Waals surface area contributed by atoms with E-state index in [9.17, 15) is 9.90 Å². The molecule has 0 fully saturated rings. The molecular weight excluding hydrogens is 232 g/mol. The molecule has 0 aromatic heterocycles. The topological polar surface area (TPSA) is 55.8 Å². The molecular formula is C11H11ClO4. The van der Waals surface area contributed by atoms with E-state index in [0.29, 0.717) is 16.3 Å². The molecule has 1 aliphatic rings. The van der Waals surface area contributed by atoms with Crippen LogP contribution in [0.4, 0.5) is 0 Å². The third kappa shape index (κ3) is 1.54. The average Bonchev–Trinajstić information content (AvgIpc) is 2.49. The van der Waals surface area contributed by atoms with Gasteiger partial charge in [-0.3, -0.25) is 0 Å². The number of hydrogen-bond donors (Lipinski definition) is 1. The third-order valence-electron chi connectivity index (χ3n) is 2.66. The Balaban J connectivity index is 2.45. The Morgan fingerprint density at radius 1 is 1.62 bits per heavy atom. The Bertz CT molecular complexity index is 442. The molecule has 5 heteroatoms. The number of hydrogen-bond acceptors (Lipinski definition) is 4. The lowest BCUT2D eigenvalue weighted by Gasteiger charge is -2.21. The normalized spacial score (nSPS) is 27.1. The summed E-state index contributed by atoms with van der Waals surface area (Å²) in [6.45, 7) is 1.51. The van der Waals surface area contributed by atoms with Gasteiger partial charge in [-0.15, -0.1) is 0 Å². The number of methoxy groups -OCH3 is 1. The monoisotopic (exact) mass is 242 g/mol. The van der Waals surface area contributed by atoms with Crippen molar-refractivity contribution in [3.8, 4) is 5.75 Å². The Hall–Kier alpha value is -1.26. The summed E-state index contributed by atoms with van der Waals surface area (Å²) in [5.41, 5.74) is -0.861. The Labute approximate surface area is 97.7 Å². The maximum atomic E-state index is 11.4. The maximum absolute atomic E-state index is 11.4. The zero-order chi connectivity index (χ0) is 11.9. The second kappa shape index (κ2) is 3.64. The van der Waals surface area contributed by atoms with E-state index in [-0.39, 0.29) is 0 Å². The fourth-order valence-electron chi connectivity index (χ4n) is 1.78. The van der Waals surface area contributed by atoms with Crippen LogP contribution in [0.25, 0.3) is 0 Å². The number of carbonyl (C=O) groups excluding carboxylic acids is 1. The van der Waals surface area contributed by atoms with Gasteiger partial charge in [-0.25, -0.2) is 4.79 Å². The van der Waals surface area contributed by atoms with Crippen LogP contribution in [0, 0.1) is 0 Å². The first-order valence-corrected chi connectivity index (χ1v) is 5.11. The van der Waals surface area contributed by atoms with E-state index < -0.39 is 17.7 Å². The molecule has 0 bridgehead atoms. The van der Waals surface area contributed by atoms with E-state index >= 15 is 0 Å². The zero-order valence-corrected chi connectivity index (χ0v) is 9.62. The predicted molar refractivity (Wildman–Crippen MR) is 57.5 cm³/mol. The maximum Gasteiger partial charge on any atom is 0.350 e. The van der Waals surface area contributed by atoms with Gasteiger partial charge >= 0.3 is 5.97 Å². The fraction of sp³-hybridized carbons (Fsp3) is 0.364. The van der Waals surface area contributed by atoms with Crippen LogP contribution in [0.15, 0.2) is 18.2 Å². The molecule has 4 nitrogen and oxygen atoms in total. The zero-order valence-electron chi connectivity index (χ0n) is 8.86. The summed E-state index contributed by atoms with van der Waals surface area (Å²) in [5, 5.41) is 10.7. The summed E-state index contributed by atoms with van der Waals surface area (Å²) < 4.78 is 9.92. The summed E-state index contributed by atoms with van der Waals surface area (Å²) in [5.74, 6) is -0.203. The minimum Gasteiger partial charge on any atom is -0.475 e. The molecule has 1 aromatic carbocycles. The van der Waals surface area contributed by atoms with E-state index in [1.165, 1.54) is 14.0 Å². The van der Waals surface area contributed by atoms with Gasteiger partial charge in [0.15, 0.2) is 0 Å². The van der Waals surface area contributed by atoms with Crippen LogP contribution >= 0.6 is 11.6 Å². The van der Waals surface area contributed by atoms with Gasteiger partial charge in [0.2, 0.25) is 6.10 Å².